The van der Waals surface area contributed by atoms with E-state index < -0.39 is 48.2 Å². The smallest absolute Gasteiger partial charge is 0.416 e. The zero-order valence-corrected chi connectivity index (χ0v) is 52.1. The largest absolute Gasteiger partial charge is 0.493 e. The summed E-state index contributed by atoms with van der Waals surface area (Å²) in [5.74, 6) is 5.44. The number of fused-ring (bicyclic) bond motifs is 6. The first-order chi connectivity index (χ1) is 43.9. The summed E-state index contributed by atoms with van der Waals surface area (Å²) in [5, 5.41) is 23.9. The second kappa shape index (κ2) is 25.9. The van der Waals surface area contributed by atoms with Gasteiger partial charge in [-0.25, -0.2) is 9.69 Å². The van der Waals surface area contributed by atoms with Gasteiger partial charge in [0, 0.05) is 67.5 Å². The Morgan fingerprint density at radius 1 is 0.692 bits per heavy atom. The average Bonchev–Trinajstić information content (AvgIpc) is 1.62. The maximum absolute atomic E-state index is 14.4. The van der Waals surface area contributed by atoms with Crippen LogP contribution in [0.25, 0.3) is 0 Å². The lowest BCUT2D eigenvalue weighted by Crippen LogP contribution is -2.53. The number of aliphatic hydroxyl groups is 1. The molecule has 5 atom stereocenters. The van der Waals surface area contributed by atoms with Gasteiger partial charge in [0.2, 0.25) is 23.6 Å². The Hall–Kier alpha value is -9.29. The summed E-state index contributed by atoms with van der Waals surface area (Å²) < 4.78 is 29.9. The van der Waals surface area contributed by atoms with Gasteiger partial charge < -0.3 is 64.8 Å². The highest BCUT2D eigenvalue weighted by Gasteiger charge is 2.58. The number of carbonyl (C=O) groups excluding carboxylic acids is 7. The molecule has 5 N–H and O–H groups in total. The molecule has 4 fully saturated rings. The van der Waals surface area contributed by atoms with Gasteiger partial charge >= 0.3 is 6.09 Å². The maximum Gasteiger partial charge on any atom is 0.416 e. The number of carbonyl (C=O) groups is 7. The van der Waals surface area contributed by atoms with Crippen LogP contribution in [-0.2, 0) is 37.1 Å². The first-order valence-electron chi connectivity index (χ1n) is 31.6. The molecule has 0 aromatic heterocycles. The van der Waals surface area contributed by atoms with Crippen molar-refractivity contribution < 1.29 is 62.4 Å². The monoisotopic (exact) mass is 1240 g/mol. The molecule has 2 spiro atoms. The highest BCUT2D eigenvalue weighted by Crippen LogP contribution is 2.58. The van der Waals surface area contributed by atoms with Crippen LogP contribution in [0.5, 0.6) is 23.0 Å². The highest BCUT2D eigenvalue weighted by molar-refractivity contribution is 6.06. The van der Waals surface area contributed by atoms with Crippen molar-refractivity contribution in [3.63, 3.8) is 0 Å². The van der Waals surface area contributed by atoms with Gasteiger partial charge in [0.05, 0.1) is 68.2 Å². The fraction of sp³-hybridized carbons (Fsp3) is 0.443. The molecule has 21 nitrogen and oxygen atoms in total. The molecule has 2 saturated heterocycles. The average molecular weight is 1240 g/mol. The van der Waals surface area contributed by atoms with Crippen LogP contribution in [0.4, 0.5) is 27.5 Å². The van der Waals surface area contributed by atoms with E-state index in [1.165, 1.54) is 26.9 Å². The fourth-order valence-corrected chi connectivity index (χ4v) is 13.3. The molecule has 2 saturated carbocycles. The number of methoxy groups -OCH3 is 2. The van der Waals surface area contributed by atoms with Crippen molar-refractivity contribution in [3.05, 3.63) is 130 Å². The molecule has 0 radical (unpaired) electrons. The van der Waals surface area contributed by atoms with E-state index in [4.69, 9.17) is 23.7 Å². The number of aliphatic hydroxyl groups excluding tert-OH is 1. The Morgan fingerprint density at radius 2 is 1.33 bits per heavy atom. The molecular formula is C70H78N8O13. The van der Waals surface area contributed by atoms with E-state index in [0.717, 1.165) is 53.9 Å². The molecule has 21 heteroatoms. The molecular weight excluding hydrogens is 1160 g/mol. The van der Waals surface area contributed by atoms with Crippen LogP contribution in [0.1, 0.15) is 134 Å². The number of nitrogens with zero attached hydrogens (tertiary/aromatic N) is 4. The number of hydrogen-bond acceptors (Lipinski definition) is 14. The van der Waals surface area contributed by atoms with Crippen LogP contribution in [0.3, 0.4) is 0 Å². The first kappa shape index (κ1) is 61.9. The van der Waals surface area contributed by atoms with Gasteiger partial charge in [-0.2, -0.15) is 0 Å². The molecule has 7 amide bonds. The van der Waals surface area contributed by atoms with Crippen molar-refractivity contribution >= 4 is 64.3 Å². The standard InChI is InChI=1S/C70H78N8O13/c1-42(2)62(74-60(79)23-24-61(80)75-38-47-15-8-7-13-45(47)19-20-46-14-9-10-16-53(46)75)64(82)72-43(3)63(81)73-48-21-17-44(18-22-48)39-91-68(86)78-54-34-59(57(88-5)32-51(54)66(84)77-41-70(27-28-70)36-55(77)67(78)85)90-30-12-6-11-29-89-58-33-52-50(31-56(58)87-4)65(83)76-40-69(25-26-69)35-49(76)37-71-52/h7-10,13-18,21-22,31-34,42-43,49,55,62,67,71,85H,6,11-12,23-30,35-41H2,1-5H3,(H,72,82)(H,73,81)(H,74,79)/t43-,49-,55-,62-,67?/m0/s1. The van der Waals surface area contributed by atoms with Gasteiger partial charge in [-0.1, -0.05) is 68.2 Å². The van der Waals surface area contributed by atoms with Gasteiger partial charge in [-0.15, -0.1) is 0 Å². The number of amides is 7. The first-order valence-corrected chi connectivity index (χ1v) is 31.6. The number of benzene rings is 5. The zero-order valence-electron chi connectivity index (χ0n) is 52.1. The minimum absolute atomic E-state index is 0.0263. The third-order valence-electron chi connectivity index (χ3n) is 18.9. The molecule has 2 aliphatic carbocycles. The fourth-order valence-electron chi connectivity index (χ4n) is 13.3. The zero-order chi connectivity index (χ0) is 63.7. The lowest BCUT2D eigenvalue weighted by Gasteiger charge is -2.31. The lowest BCUT2D eigenvalue weighted by molar-refractivity contribution is -0.132. The number of para-hydroxylation sites is 1. The number of hydrogen-bond donors (Lipinski definition) is 5. The number of unbranched alkanes of at least 4 members (excludes halogenated alkanes) is 2. The van der Waals surface area contributed by atoms with Gasteiger partial charge in [-0.05, 0) is 135 Å². The Kier molecular flexibility index (Phi) is 17.6. The maximum atomic E-state index is 14.4. The SMILES string of the molecule is COc1cc2c(cc1OCCCCCOc1cc3c(cc1OC)C(=O)N1CC4(CC4)C[C@H]1C(O)N3C(=O)OCc1ccc(NC(=O)[C@H](C)NC(=O)[C@@H](NC(=O)CCC(=O)N3Cc4ccccc4C#Cc4ccccc43)C(C)C)cc1)NC[C@@H]1CC3(CC3)CN1C2=O. The van der Waals surface area contributed by atoms with Crippen molar-refractivity contribution in [2.24, 2.45) is 16.7 Å². The van der Waals surface area contributed by atoms with Gasteiger partial charge in [0.15, 0.2) is 29.2 Å². The topological polar surface area (TPSA) is 247 Å². The molecule has 91 heavy (non-hydrogen) atoms. The summed E-state index contributed by atoms with van der Waals surface area (Å²) in [6.45, 7) is 7.72. The molecule has 7 aliphatic rings. The van der Waals surface area contributed by atoms with E-state index in [-0.39, 0.29) is 90.4 Å². The Morgan fingerprint density at radius 3 is 2.03 bits per heavy atom. The van der Waals surface area contributed by atoms with E-state index in [1.807, 2.05) is 59.5 Å². The van der Waals surface area contributed by atoms with Crippen LogP contribution >= 0.6 is 0 Å². The number of nitrogens with one attached hydrogen (secondary N) is 4. The van der Waals surface area contributed by atoms with E-state index in [1.54, 1.807) is 73.2 Å². The number of ether oxygens (including phenoxy) is 5. The molecule has 5 aromatic rings. The summed E-state index contributed by atoms with van der Waals surface area (Å²) in [6.07, 6.45) is 5.17. The molecule has 5 aliphatic heterocycles. The predicted octanol–water partition coefficient (Wildman–Crippen LogP) is 8.53. The highest BCUT2D eigenvalue weighted by atomic mass is 16.6. The third-order valence-corrected chi connectivity index (χ3v) is 18.9. The van der Waals surface area contributed by atoms with Crippen LogP contribution < -0.4 is 50.0 Å². The number of anilines is 4. The third kappa shape index (κ3) is 13.2. The van der Waals surface area contributed by atoms with Gasteiger partial charge in [0.1, 0.15) is 18.7 Å². The summed E-state index contributed by atoms with van der Waals surface area (Å²) in [6, 6.07) is 25.8. The molecule has 1 unspecified atom stereocenters. The summed E-state index contributed by atoms with van der Waals surface area (Å²) in [5.41, 5.74) is 5.79. The predicted molar refractivity (Wildman–Crippen MR) is 339 cm³/mol. The van der Waals surface area contributed by atoms with Gasteiger partial charge in [-0.3, -0.25) is 28.8 Å². The summed E-state index contributed by atoms with van der Waals surface area (Å²) in [4.78, 5) is 103. The molecule has 0 bridgehead atoms. The van der Waals surface area contributed by atoms with E-state index in [2.05, 4.69) is 33.1 Å². The van der Waals surface area contributed by atoms with Gasteiger partial charge in [0.25, 0.3) is 11.8 Å². The van der Waals surface area contributed by atoms with Crippen LogP contribution in [0.2, 0.25) is 0 Å². The summed E-state index contributed by atoms with van der Waals surface area (Å²) >= 11 is 0. The molecule has 12 rings (SSSR count). The van der Waals surface area contributed by atoms with Crippen molar-refractivity contribution in [2.45, 2.75) is 135 Å². The van der Waals surface area contributed by atoms with Crippen molar-refractivity contribution in [1.29, 1.82) is 0 Å². The summed E-state index contributed by atoms with van der Waals surface area (Å²) in [7, 11) is 3.05. The van der Waals surface area contributed by atoms with Crippen LogP contribution in [0.15, 0.2) is 97.1 Å². The Labute approximate surface area is 529 Å². The second-order valence-electron chi connectivity index (χ2n) is 25.7. The van der Waals surface area contributed by atoms with Crippen molar-refractivity contribution in [2.75, 3.05) is 67.5 Å². The Balaban J connectivity index is 0.630. The van der Waals surface area contributed by atoms with Crippen molar-refractivity contribution in [1.82, 2.24) is 20.4 Å². The second-order valence-corrected chi connectivity index (χ2v) is 25.7. The van der Waals surface area contributed by atoms with Crippen LogP contribution in [-0.4, -0.2) is 134 Å². The quantitative estimate of drug-likeness (QED) is 0.0341. The minimum atomic E-state index is -1.45. The molecule has 476 valence electrons. The van der Waals surface area contributed by atoms with E-state index in [9.17, 15) is 38.7 Å². The minimum Gasteiger partial charge on any atom is -0.493 e. The normalized spacial score (nSPS) is 19.8. The van der Waals surface area contributed by atoms with E-state index in [0.29, 0.717) is 83.9 Å². The Bertz CT molecular complexity index is 3740. The van der Waals surface area contributed by atoms with E-state index >= 15 is 0 Å². The van der Waals surface area contributed by atoms with Crippen LogP contribution in [0, 0.1) is 28.6 Å². The molecule has 5 heterocycles. The lowest BCUT2D eigenvalue weighted by atomic mass is 10.0. The molecule has 5 aromatic carbocycles. The number of rotatable bonds is 21. The van der Waals surface area contributed by atoms with Crippen molar-refractivity contribution in [3.8, 4) is 34.8 Å².